The normalized spacial score (nSPS) is 11.6. The highest BCUT2D eigenvalue weighted by molar-refractivity contribution is 6.30. The van der Waals surface area contributed by atoms with Gasteiger partial charge in [0, 0.05) is 31.0 Å². The zero-order chi connectivity index (χ0) is 25.0. The van der Waals surface area contributed by atoms with Crippen molar-refractivity contribution < 1.29 is 9.59 Å². The molecule has 0 radical (unpaired) electrons. The number of aryl methyl sites for hydroxylation is 2. The molecule has 4 nitrogen and oxygen atoms in total. The molecule has 0 spiro atoms. The van der Waals surface area contributed by atoms with Crippen LogP contribution < -0.4 is 5.32 Å². The molecule has 0 saturated carbocycles. The first-order chi connectivity index (χ1) is 17.0. The summed E-state index contributed by atoms with van der Waals surface area (Å²) in [6.07, 6.45) is 3.33. The van der Waals surface area contributed by atoms with E-state index in [1.165, 1.54) is 5.56 Å². The van der Waals surface area contributed by atoms with Gasteiger partial charge in [-0.2, -0.15) is 0 Å². The van der Waals surface area contributed by atoms with Crippen LogP contribution in [0.2, 0.25) is 5.02 Å². The van der Waals surface area contributed by atoms with Gasteiger partial charge in [-0.25, -0.2) is 0 Å². The predicted molar refractivity (Wildman–Crippen MR) is 143 cm³/mol. The first kappa shape index (κ1) is 26.5. The number of rotatable bonds is 12. The van der Waals surface area contributed by atoms with Crippen LogP contribution >= 0.6 is 11.6 Å². The van der Waals surface area contributed by atoms with Crippen LogP contribution in [0.1, 0.15) is 48.4 Å². The van der Waals surface area contributed by atoms with Crippen molar-refractivity contribution in [3.63, 3.8) is 0 Å². The lowest BCUT2D eigenvalue weighted by Gasteiger charge is -2.31. The average molecular weight is 491 g/mol. The van der Waals surface area contributed by atoms with E-state index < -0.39 is 6.04 Å². The SMILES string of the molecule is CCCCNC(=O)[C@@H](Cc1ccccc1)N(Cc1ccc(Cl)cc1)C(=O)CCc1ccc(C)cc1. The lowest BCUT2D eigenvalue weighted by Crippen LogP contribution is -2.50. The molecule has 1 atom stereocenters. The van der Waals surface area contributed by atoms with E-state index in [0.717, 1.165) is 29.5 Å². The Morgan fingerprint density at radius 1 is 0.886 bits per heavy atom. The van der Waals surface area contributed by atoms with Crippen LogP contribution in [-0.4, -0.2) is 29.3 Å². The zero-order valence-electron chi connectivity index (χ0n) is 20.7. The highest BCUT2D eigenvalue weighted by Gasteiger charge is 2.30. The topological polar surface area (TPSA) is 49.4 Å². The summed E-state index contributed by atoms with van der Waals surface area (Å²) in [5, 5.41) is 3.70. The molecular weight excluding hydrogens is 456 g/mol. The smallest absolute Gasteiger partial charge is 0.243 e. The molecule has 184 valence electrons. The lowest BCUT2D eigenvalue weighted by molar-refractivity contribution is -0.141. The van der Waals surface area contributed by atoms with E-state index in [4.69, 9.17) is 11.6 Å². The van der Waals surface area contributed by atoms with Crippen molar-refractivity contribution in [1.82, 2.24) is 10.2 Å². The Kier molecular flexibility index (Phi) is 10.4. The highest BCUT2D eigenvalue weighted by Crippen LogP contribution is 2.18. The number of hydrogen-bond donors (Lipinski definition) is 1. The van der Waals surface area contributed by atoms with Crippen LogP contribution in [0, 0.1) is 6.92 Å². The van der Waals surface area contributed by atoms with Crippen molar-refractivity contribution in [2.24, 2.45) is 0 Å². The van der Waals surface area contributed by atoms with Crippen molar-refractivity contribution in [2.45, 2.75) is 58.5 Å². The van der Waals surface area contributed by atoms with Crippen LogP contribution in [-0.2, 0) is 29.0 Å². The summed E-state index contributed by atoms with van der Waals surface area (Å²) in [5.74, 6) is -0.146. The van der Waals surface area contributed by atoms with Gasteiger partial charge in [0.05, 0.1) is 0 Å². The van der Waals surface area contributed by atoms with Crippen LogP contribution in [0.3, 0.4) is 0 Å². The Labute approximate surface area is 214 Å². The third-order valence-corrected chi connectivity index (χ3v) is 6.37. The largest absolute Gasteiger partial charge is 0.354 e. The molecule has 0 fully saturated rings. The number of amides is 2. The Bertz CT molecular complexity index is 1070. The van der Waals surface area contributed by atoms with Crippen LogP contribution in [0.4, 0.5) is 0 Å². The summed E-state index contributed by atoms with van der Waals surface area (Å²) in [6, 6.07) is 25.0. The first-order valence-corrected chi connectivity index (χ1v) is 12.7. The van der Waals surface area contributed by atoms with Gasteiger partial charge in [0.15, 0.2) is 0 Å². The quantitative estimate of drug-likeness (QED) is 0.310. The second-order valence-electron chi connectivity index (χ2n) is 8.98. The highest BCUT2D eigenvalue weighted by atomic mass is 35.5. The fraction of sp³-hybridized carbons (Fsp3) is 0.333. The van der Waals surface area contributed by atoms with E-state index in [9.17, 15) is 9.59 Å². The van der Waals surface area contributed by atoms with Gasteiger partial charge in [-0.3, -0.25) is 9.59 Å². The minimum Gasteiger partial charge on any atom is -0.354 e. The fourth-order valence-electron chi connectivity index (χ4n) is 4.00. The summed E-state index contributed by atoms with van der Waals surface area (Å²) >= 11 is 6.09. The number of hydrogen-bond acceptors (Lipinski definition) is 2. The molecule has 35 heavy (non-hydrogen) atoms. The van der Waals surface area contributed by atoms with E-state index in [-0.39, 0.29) is 11.8 Å². The predicted octanol–water partition coefficient (Wildman–Crippen LogP) is 6.14. The van der Waals surface area contributed by atoms with Gasteiger partial charge < -0.3 is 10.2 Å². The van der Waals surface area contributed by atoms with E-state index in [1.807, 2.05) is 61.5 Å². The molecule has 5 heteroatoms. The Balaban J connectivity index is 1.86. The third-order valence-electron chi connectivity index (χ3n) is 6.11. The number of carbonyl (C=O) groups is 2. The molecule has 0 aliphatic heterocycles. The molecular formula is C30H35ClN2O2. The number of nitrogens with one attached hydrogen (secondary N) is 1. The lowest BCUT2D eigenvalue weighted by atomic mass is 10.0. The van der Waals surface area contributed by atoms with Gasteiger partial charge in [-0.15, -0.1) is 0 Å². The average Bonchev–Trinajstić information content (AvgIpc) is 2.87. The molecule has 0 aliphatic rings. The van der Waals surface area contributed by atoms with Gasteiger partial charge in [-0.05, 0) is 48.6 Å². The van der Waals surface area contributed by atoms with Crippen molar-refractivity contribution >= 4 is 23.4 Å². The summed E-state index contributed by atoms with van der Waals surface area (Å²) in [6.45, 7) is 5.10. The van der Waals surface area contributed by atoms with Gasteiger partial charge in [0.1, 0.15) is 6.04 Å². The molecule has 3 aromatic rings. The number of halogens is 1. The van der Waals surface area contributed by atoms with E-state index in [0.29, 0.717) is 37.4 Å². The van der Waals surface area contributed by atoms with Crippen molar-refractivity contribution in [3.8, 4) is 0 Å². The molecule has 0 unspecified atom stereocenters. The van der Waals surface area contributed by atoms with Gasteiger partial charge in [0.2, 0.25) is 11.8 Å². The molecule has 0 aromatic heterocycles. The van der Waals surface area contributed by atoms with E-state index >= 15 is 0 Å². The molecule has 0 saturated heterocycles. The summed E-state index contributed by atoms with van der Waals surface area (Å²) in [4.78, 5) is 28.8. The van der Waals surface area contributed by atoms with Crippen LogP contribution in [0.5, 0.6) is 0 Å². The first-order valence-electron chi connectivity index (χ1n) is 12.4. The van der Waals surface area contributed by atoms with Crippen LogP contribution in [0.25, 0.3) is 0 Å². The van der Waals surface area contributed by atoms with Gasteiger partial charge in [-0.1, -0.05) is 97.2 Å². The Morgan fingerprint density at radius 2 is 1.54 bits per heavy atom. The van der Waals surface area contributed by atoms with Gasteiger partial charge in [0.25, 0.3) is 0 Å². The molecule has 1 N–H and O–H groups in total. The number of nitrogens with zero attached hydrogens (tertiary/aromatic N) is 1. The maximum absolute atomic E-state index is 13.6. The van der Waals surface area contributed by atoms with Crippen molar-refractivity contribution in [1.29, 1.82) is 0 Å². The second-order valence-corrected chi connectivity index (χ2v) is 9.42. The van der Waals surface area contributed by atoms with Gasteiger partial charge >= 0.3 is 0 Å². The molecule has 0 bridgehead atoms. The minimum absolute atomic E-state index is 0.0351. The maximum atomic E-state index is 13.6. The van der Waals surface area contributed by atoms with Crippen LogP contribution in [0.15, 0.2) is 78.9 Å². The molecule has 3 rings (SSSR count). The summed E-state index contributed by atoms with van der Waals surface area (Å²) in [5.41, 5.74) is 4.27. The number of benzene rings is 3. The van der Waals surface area contributed by atoms with E-state index in [2.05, 4.69) is 36.5 Å². The monoisotopic (exact) mass is 490 g/mol. The fourth-order valence-corrected chi connectivity index (χ4v) is 4.12. The zero-order valence-corrected chi connectivity index (χ0v) is 21.4. The maximum Gasteiger partial charge on any atom is 0.243 e. The van der Waals surface area contributed by atoms with E-state index in [1.54, 1.807) is 4.90 Å². The molecule has 0 heterocycles. The molecule has 0 aliphatic carbocycles. The minimum atomic E-state index is -0.601. The Hall–Kier alpha value is -3.11. The second kappa shape index (κ2) is 13.7. The standard InChI is InChI=1S/C30H35ClN2O2/c1-3-4-20-32-30(35)28(21-25-8-6-5-7-9-25)33(22-26-14-17-27(31)18-15-26)29(34)19-16-24-12-10-23(2)11-13-24/h5-15,17-18,28H,3-4,16,19-22H2,1-2H3,(H,32,35)/t28-/m1/s1. The van der Waals surface area contributed by atoms with Crippen molar-refractivity contribution in [2.75, 3.05) is 6.54 Å². The molecule has 2 amide bonds. The number of unbranched alkanes of at least 4 members (excludes halogenated alkanes) is 1. The third kappa shape index (κ3) is 8.56. The van der Waals surface area contributed by atoms with Crippen molar-refractivity contribution in [3.05, 3.63) is 106 Å². The summed E-state index contributed by atoms with van der Waals surface area (Å²) < 4.78 is 0. The summed E-state index contributed by atoms with van der Waals surface area (Å²) in [7, 11) is 0. The number of carbonyl (C=O) groups excluding carboxylic acids is 2. The Morgan fingerprint density at radius 3 is 2.20 bits per heavy atom. The molecule has 3 aromatic carbocycles.